The molecule has 1 heterocycles. The Labute approximate surface area is 246 Å². The summed E-state index contributed by atoms with van der Waals surface area (Å²) in [6.45, 7) is 9.37. The molecule has 0 saturated carbocycles. The van der Waals surface area contributed by atoms with Crippen molar-refractivity contribution in [3.8, 4) is 0 Å². The Bertz CT molecular complexity index is 606. The van der Waals surface area contributed by atoms with Gasteiger partial charge in [0.15, 0.2) is 0 Å². The van der Waals surface area contributed by atoms with E-state index < -0.39 is 0 Å². The van der Waals surface area contributed by atoms with E-state index in [0.717, 1.165) is 0 Å². The average molecular weight is 545 g/mol. The Morgan fingerprint density at radius 3 is 1.21 bits per heavy atom. The zero-order valence-corrected chi connectivity index (χ0v) is 27.5. The topological polar surface area (TPSA) is 17.8 Å². The van der Waals surface area contributed by atoms with Crippen molar-refractivity contribution in [3.63, 3.8) is 0 Å². The largest absolute Gasteiger partial charge is 0.332 e. The number of imidazole rings is 1. The first-order valence-corrected chi connectivity index (χ1v) is 18.3. The van der Waals surface area contributed by atoms with Crippen molar-refractivity contribution in [1.82, 2.24) is 9.55 Å². The van der Waals surface area contributed by atoms with Crippen molar-refractivity contribution in [2.75, 3.05) is 0 Å². The summed E-state index contributed by atoms with van der Waals surface area (Å²) in [5.41, 5.74) is 0. The van der Waals surface area contributed by atoms with Crippen molar-refractivity contribution in [1.29, 1.82) is 0 Å². The number of unbranched alkanes of at least 4 members (excludes halogenated alkanes) is 22. The molecule has 0 radical (unpaired) electrons. The molecule has 0 aliphatic heterocycles. The fourth-order valence-corrected chi connectivity index (χ4v) is 6.35. The normalized spacial score (nSPS) is 13.2. The molecule has 1 rings (SSSR count). The minimum atomic E-state index is 0.590. The number of aromatic nitrogens is 2. The maximum Gasteiger partial charge on any atom is 0.111 e. The Morgan fingerprint density at radius 2 is 0.821 bits per heavy atom. The summed E-state index contributed by atoms with van der Waals surface area (Å²) in [6.07, 6.45) is 43.7. The van der Waals surface area contributed by atoms with E-state index in [2.05, 4.69) is 44.7 Å². The van der Waals surface area contributed by atoms with E-state index in [1.165, 1.54) is 186 Å². The molecule has 1 aromatic rings. The van der Waals surface area contributed by atoms with E-state index in [9.17, 15) is 0 Å². The highest BCUT2D eigenvalue weighted by Gasteiger charge is 2.19. The van der Waals surface area contributed by atoms with Crippen LogP contribution in [-0.4, -0.2) is 9.55 Å². The maximum absolute atomic E-state index is 4.99. The second kappa shape index (κ2) is 27.4. The highest BCUT2D eigenvalue weighted by Crippen LogP contribution is 2.31. The molecule has 1 aromatic heterocycles. The minimum absolute atomic E-state index is 0.590. The van der Waals surface area contributed by atoms with Crippen LogP contribution in [-0.2, 0) is 0 Å². The van der Waals surface area contributed by atoms with Gasteiger partial charge in [0.1, 0.15) is 5.82 Å². The van der Waals surface area contributed by atoms with Gasteiger partial charge in [0, 0.05) is 24.4 Å². The second-order valence-corrected chi connectivity index (χ2v) is 12.9. The van der Waals surface area contributed by atoms with E-state index in [4.69, 9.17) is 4.98 Å². The zero-order chi connectivity index (χ0) is 28.2. The predicted molar refractivity (Wildman–Crippen MR) is 176 cm³/mol. The van der Waals surface area contributed by atoms with Gasteiger partial charge in [0.2, 0.25) is 0 Å². The van der Waals surface area contributed by atoms with Gasteiger partial charge in [-0.3, -0.25) is 0 Å². The molecule has 0 aliphatic carbocycles. The summed E-state index contributed by atoms with van der Waals surface area (Å²) in [5.74, 6) is 2.06. The highest BCUT2D eigenvalue weighted by molar-refractivity contribution is 5.02. The fourth-order valence-electron chi connectivity index (χ4n) is 6.35. The lowest BCUT2D eigenvalue weighted by Crippen LogP contribution is -2.13. The predicted octanol–water partition coefficient (Wildman–Crippen LogP) is 13.5. The maximum atomic E-state index is 4.99. The van der Waals surface area contributed by atoms with Gasteiger partial charge in [-0.15, -0.1) is 0 Å². The molecule has 2 nitrogen and oxygen atoms in total. The molecule has 0 aliphatic rings. The average Bonchev–Trinajstić information content (AvgIpc) is 3.44. The van der Waals surface area contributed by atoms with E-state index in [-0.39, 0.29) is 0 Å². The van der Waals surface area contributed by atoms with Gasteiger partial charge in [0.05, 0.1) is 0 Å². The van der Waals surface area contributed by atoms with Crippen molar-refractivity contribution in [2.45, 2.75) is 219 Å². The molecular weight excluding hydrogens is 472 g/mol. The van der Waals surface area contributed by atoms with Gasteiger partial charge < -0.3 is 4.57 Å². The van der Waals surface area contributed by atoms with E-state index >= 15 is 0 Å². The zero-order valence-electron chi connectivity index (χ0n) is 27.5. The lowest BCUT2D eigenvalue weighted by molar-refractivity contribution is 0.412. The van der Waals surface area contributed by atoms with Gasteiger partial charge in [-0.1, -0.05) is 181 Å². The molecule has 0 aromatic carbocycles. The molecule has 0 amide bonds. The van der Waals surface area contributed by atoms with Gasteiger partial charge in [-0.05, 0) is 26.2 Å². The Morgan fingerprint density at radius 1 is 0.487 bits per heavy atom. The van der Waals surface area contributed by atoms with Crippen LogP contribution in [0.2, 0.25) is 0 Å². The van der Waals surface area contributed by atoms with Crippen LogP contribution >= 0.6 is 0 Å². The Kier molecular flexibility index (Phi) is 25.4. The quantitative estimate of drug-likeness (QED) is 0.0880. The van der Waals surface area contributed by atoms with Crippen molar-refractivity contribution < 1.29 is 0 Å². The summed E-state index contributed by atoms with van der Waals surface area (Å²) in [7, 11) is 0. The summed E-state index contributed by atoms with van der Waals surface area (Å²) in [5, 5.41) is 0. The van der Waals surface area contributed by atoms with Gasteiger partial charge in [-0.2, -0.15) is 0 Å². The first-order chi connectivity index (χ1) is 19.2. The van der Waals surface area contributed by atoms with Crippen LogP contribution in [0.5, 0.6) is 0 Å². The lowest BCUT2D eigenvalue weighted by Gasteiger charge is -2.22. The smallest absolute Gasteiger partial charge is 0.111 e. The first kappa shape index (κ1) is 36.2. The molecule has 39 heavy (non-hydrogen) atoms. The molecule has 2 heteroatoms. The van der Waals surface area contributed by atoms with Gasteiger partial charge >= 0.3 is 0 Å². The Balaban J connectivity index is 2.46. The number of rotatable bonds is 30. The van der Waals surface area contributed by atoms with E-state index in [0.29, 0.717) is 12.0 Å². The third kappa shape index (κ3) is 19.8. The molecule has 2 atom stereocenters. The SMILES string of the molecule is CCCCCCCCCCCCC(CCCCCCCCCCC)c1nccn1C(C)CCCCCCCC. The molecular formula is C37H72N2. The number of nitrogens with zero attached hydrogens (tertiary/aromatic N) is 2. The highest BCUT2D eigenvalue weighted by atomic mass is 15.1. The molecule has 230 valence electrons. The van der Waals surface area contributed by atoms with Crippen LogP contribution in [0.15, 0.2) is 12.4 Å². The van der Waals surface area contributed by atoms with Crippen LogP contribution in [0.1, 0.15) is 225 Å². The van der Waals surface area contributed by atoms with Gasteiger partial charge in [0.25, 0.3) is 0 Å². The third-order valence-electron chi connectivity index (χ3n) is 9.08. The van der Waals surface area contributed by atoms with E-state index in [1.807, 2.05) is 0 Å². The molecule has 0 bridgehead atoms. The van der Waals surface area contributed by atoms with Crippen molar-refractivity contribution >= 4 is 0 Å². The van der Waals surface area contributed by atoms with E-state index in [1.54, 1.807) is 0 Å². The minimum Gasteiger partial charge on any atom is -0.332 e. The molecule has 0 spiro atoms. The van der Waals surface area contributed by atoms with Crippen LogP contribution in [0.3, 0.4) is 0 Å². The van der Waals surface area contributed by atoms with Crippen LogP contribution in [0.25, 0.3) is 0 Å². The summed E-state index contributed by atoms with van der Waals surface area (Å²) >= 11 is 0. The van der Waals surface area contributed by atoms with Crippen LogP contribution in [0, 0.1) is 0 Å². The van der Waals surface area contributed by atoms with Crippen molar-refractivity contribution in [2.24, 2.45) is 0 Å². The summed E-state index contributed by atoms with van der Waals surface area (Å²) < 4.78 is 2.57. The van der Waals surface area contributed by atoms with Crippen LogP contribution < -0.4 is 0 Å². The molecule has 0 N–H and O–H groups in total. The monoisotopic (exact) mass is 545 g/mol. The number of hydrogen-bond donors (Lipinski definition) is 0. The summed E-state index contributed by atoms with van der Waals surface area (Å²) in [4.78, 5) is 4.99. The fraction of sp³-hybridized carbons (Fsp3) is 0.919. The molecule has 2 unspecified atom stereocenters. The lowest BCUT2D eigenvalue weighted by atomic mass is 9.92. The van der Waals surface area contributed by atoms with Crippen molar-refractivity contribution in [3.05, 3.63) is 18.2 Å². The second-order valence-electron chi connectivity index (χ2n) is 12.9. The van der Waals surface area contributed by atoms with Crippen LogP contribution in [0.4, 0.5) is 0 Å². The standard InChI is InChI=1S/C37H72N2/c1-5-8-11-14-17-19-21-23-26-29-32-36(31-28-25-22-20-18-15-12-9-6-2)37-38-33-34-39(37)35(4)30-27-24-16-13-10-7-3/h33-36H,5-32H2,1-4H3. The summed E-state index contributed by atoms with van der Waals surface area (Å²) in [6, 6.07) is 0.590. The van der Waals surface area contributed by atoms with Gasteiger partial charge in [-0.25, -0.2) is 4.98 Å². The number of hydrogen-bond acceptors (Lipinski definition) is 1. The third-order valence-corrected chi connectivity index (χ3v) is 9.08. The first-order valence-electron chi connectivity index (χ1n) is 18.3. The molecule has 0 saturated heterocycles. The Hall–Kier alpha value is -0.790. The molecule has 0 fully saturated rings.